The lowest BCUT2D eigenvalue weighted by atomic mass is 10.2. The largest absolute Gasteiger partial charge is 0.493 e. The maximum absolute atomic E-state index is 10.2. The van der Waals surface area contributed by atoms with Crippen LogP contribution in [0.2, 0.25) is 0 Å². The van der Waals surface area contributed by atoms with Gasteiger partial charge >= 0.3 is 0 Å². The van der Waals surface area contributed by atoms with Crippen molar-refractivity contribution < 1.29 is 14.6 Å². The second-order valence-corrected chi connectivity index (χ2v) is 6.96. The maximum atomic E-state index is 10.2. The Bertz CT molecular complexity index is 773. The van der Waals surface area contributed by atoms with Crippen molar-refractivity contribution in [3.63, 3.8) is 0 Å². The summed E-state index contributed by atoms with van der Waals surface area (Å²) in [6.45, 7) is 4.84. The molecule has 1 aliphatic rings. The number of aryl methyl sites for hydroxylation is 1. The number of anilines is 3. The Hall–Kier alpha value is -1.85. The van der Waals surface area contributed by atoms with Gasteiger partial charge < -0.3 is 28.3 Å². The molecule has 9 heteroatoms. The zero-order chi connectivity index (χ0) is 19.2. The Labute approximate surface area is 172 Å². The third-order valence-corrected chi connectivity index (χ3v) is 4.77. The number of hydrogen-bond donors (Lipinski definition) is 3. The summed E-state index contributed by atoms with van der Waals surface area (Å²) >= 11 is 2.03. The van der Waals surface area contributed by atoms with E-state index in [1.807, 2.05) is 54.1 Å². The molecule has 146 valence electrons. The molecule has 1 atom stereocenters. The summed E-state index contributed by atoms with van der Waals surface area (Å²) in [5.74, 6) is 2.38. The number of rotatable bonds is 9. The molecular weight excluding hydrogens is 461 g/mol. The third kappa shape index (κ3) is 5.56. The smallest absolute Gasteiger partial charge is 0.229 e. The summed E-state index contributed by atoms with van der Waals surface area (Å²) in [6.07, 6.45) is 0.661. The molecule has 1 saturated heterocycles. The first-order valence-electron chi connectivity index (χ1n) is 8.78. The highest BCUT2D eigenvalue weighted by molar-refractivity contribution is 14.1. The maximum Gasteiger partial charge on any atom is 0.229 e. The van der Waals surface area contributed by atoms with Gasteiger partial charge in [0, 0.05) is 30.1 Å². The molecule has 2 aromatic rings. The molecule has 8 nitrogen and oxygen atoms in total. The quantitative estimate of drug-likeness (QED) is 0.369. The first kappa shape index (κ1) is 19.9. The molecule has 1 fully saturated rings. The molecule has 0 amide bonds. The molecule has 0 bridgehead atoms. The summed E-state index contributed by atoms with van der Waals surface area (Å²) in [5, 5.41) is 13.3. The van der Waals surface area contributed by atoms with Crippen molar-refractivity contribution in [3.05, 3.63) is 30.0 Å². The fourth-order valence-electron chi connectivity index (χ4n) is 2.77. The van der Waals surface area contributed by atoms with Crippen LogP contribution in [0, 0.1) is 6.92 Å². The van der Waals surface area contributed by atoms with Crippen LogP contribution in [-0.2, 0) is 0 Å². The van der Waals surface area contributed by atoms with E-state index >= 15 is 0 Å². The first-order valence-corrected chi connectivity index (χ1v) is 9.86. The second-order valence-electron chi connectivity index (χ2n) is 6.42. The minimum absolute atomic E-state index is 0.208. The molecule has 2 heterocycles. The van der Waals surface area contributed by atoms with E-state index in [2.05, 4.69) is 23.7 Å². The number of benzene rings is 1. The number of β-amino-alcohol motifs (C(OH)–C–C–N with tert-alkyl or cyclic N) is 1. The Morgan fingerprint density at radius 1 is 1.26 bits per heavy atom. The average Bonchev–Trinajstić information content (AvgIpc) is 2.62. The lowest BCUT2D eigenvalue weighted by molar-refractivity contribution is 0.0460. The van der Waals surface area contributed by atoms with E-state index in [9.17, 15) is 5.11 Å². The van der Waals surface area contributed by atoms with Gasteiger partial charge in [-0.2, -0.15) is 4.98 Å². The monoisotopic (exact) mass is 485 g/mol. The topological polar surface area (TPSA) is 91.8 Å². The molecule has 3 N–H and O–H groups in total. The number of ether oxygens (including phenoxy) is 2. The number of aliphatic hydroxyl groups is 1. The molecule has 1 aromatic heterocycles. The van der Waals surface area contributed by atoms with E-state index in [4.69, 9.17) is 9.47 Å². The number of halogens is 1. The summed E-state index contributed by atoms with van der Waals surface area (Å²) in [5.41, 5.74) is 1.62. The van der Waals surface area contributed by atoms with Crippen molar-refractivity contribution in [1.29, 1.82) is 0 Å². The highest BCUT2D eigenvalue weighted by atomic mass is 127. The second kappa shape index (κ2) is 9.38. The average molecular weight is 485 g/mol. The molecule has 1 aliphatic heterocycles. The van der Waals surface area contributed by atoms with Crippen LogP contribution in [-0.4, -0.2) is 59.4 Å². The standard InChI is InChI=1S/C18H24IN5O3/c1-12-8-17(23-19)22-18(20-12)21-13-4-5-15(26-2)16(9-13)27-11-14(25)10-24-6-3-7-24/h4-5,8-9,14,25H,3,6-7,10-11H2,1-2H3,(H2,20,21,22,23)/t14-/m1/s1. The molecule has 0 spiro atoms. The van der Waals surface area contributed by atoms with Crippen LogP contribution in [0.15, 0.2) is 24.3 Å². The van der Waals surface area contributed by atoms with Crippen LogP contribution < -0.4 is 18.3 Å². The van der Waals surface area contributed by atoms with Crippen LogP contribution in [0.4, 0.5) is 17.5 Å². The SMILES string of the molecule is COc1ccc(Nc2nc(C)cc(NI)n2)cc1OC[C@H](O)CN1CCC1. The van der Waals surface area contributed by atoms with Gasteiger partial charge in [0.15, 0.2) is 11.5 Å². The van der Waals surface area contributed by atoms with Gasteiger partial charge in [-0.25, -0.2) is 4.98 Å². The summed E-state index contributed by atoms with van der Waals surface area (Å²) in [6, 6.07) is 7.36. The van der Waals surface area contributed by atoms with Crippen molar-refractivity contribution in [1.82, 2.24) is 14.9 Å². The molecule has 3 rings (SSSR count). The lowest BCUT2D eigenvalue weighted by Crippen LogP contribution is -2.43. The van der Waals surface area contributed by atoms with Gasteiger partial charge in [0.2, 0.25) is 5.95 Å². The molecule has 0 aliphatic carbocycles. The molecule has 0 unspecified atom stereocenters. The predicted molar refractivity (Wildman–Crippen MR) is 113 cm³/mol. The number of nitrogens with zero attached hydrogens (tertiary/aromatic N) is 3. The number of methoxy groups -OCH3 is 1. The fraction of sp³-hybridized carbons (Fsp3) is 0.444. The van der Waals surface area contributed by atoms with Crippen LogP contribution in [0.25, 0.3) is 0 Å². The van der Waals surface area contributed by atoms with Crippen molar-refractivity contribution in [2.75, 3.05) is 42.2 Å². The van der Waals surface area contributed by atoms with Gasteiger partial charge in [0.05, 0.1) is 30.0 Å². The van der Waals surface area contributed by atoms with Crippen molar-refractivity contribution in [2.45, 2.75) is 19.4 Å². The van der Waals surface area contributed by atoms with Gasteiger partial charge in [-0.15, -0.1) is 0 Å². The number of aromatic nitrogens is 2. The van der Waals surface area contributed by atoms with Crippen LogP contribution in [0.3, 0.4) is 0 Å². The highest BCUT2D eigenvalue weighted by Crippen LogP contribution is 2.31. The minimum Gasteiger partial charge on any atom is -0.493 e. The summed E-state index contributed by atoms with van der Waals surface area (Å²) in [7, 11) is 1.59. The predicted octanol–water partition coefficient (Wildman–Crippen LogP) is 2.74. The molecule has 0 saturated carbocycles. The van der Waals surface area contributed by atoms with Gasteiger partial charge in [-0.05, 0) is 38.6 Å². The zero-order valence-electron chi connectivity index (χ0n) is 15.4. The van der Waals surface area contributed by atoms with E-state index < -0.39 is 6.10 Å². The Morgan fingerprint density at radius 3 is 2.74 bits per heavy atom. The normalized spacial score (nSPS) is 15.0. The van der Waals surface area contributed by atoms with E-state index in [0.29, 0.717) is 24.0 Å². The van der Waals surface area contributed by atoms with Crippen molar-refractivity contribution >= 4 is 40.3 Å². The van der Waals surface area contributed by atoms with Gasteiger partial charge in [0.1, 0.15) is 18.5 Å². The van der Waals surface area contributed by atoms with Gasteiger partial charge in [-0.3, -0.25) is 0 Å². The summed E-state index contributed by atoms with van der Waals surface area (Å²) < 4.78 is 14.2. The number of likely N-dealkylation sites (tertiary alicyclic amines) is 1. The third-order valence-electron chi connectivity index (χ3n) is 4.22. The lowest BCUT2D eigenvalue weighted by Gasteiger charge is -2.32. The number of nitrogens with one attached hydrogen (secondary N) is 2. The zero-order valence-corrected chi connectivity index (χ0v) is 17.6. The number of aliphatic hydroxyl groups excluding tert-OH is 1. The molecule has 0 radical (unpaired) electrons. The minimum atomic E-state index is -0.538. The van der Waals surface area contributed by atoms with Gasteiger partial charge in [-0.1, -0.05) is 0 Å². The van der Waals surface area contributed by atoms with E-state index in [1.165, 1.54) is 6.42 Å². The van der Waals surface area contributed by atoms with E-state index in [0.717, 1.165) is 30.3 Å². The van der Waals surface area contributed by atoms with E-state index in [1.54, 1.807) is 7.11 Å². The van der Waals surface area contributed by atoms with Crippen molar-refractivity contribution in [3.8, 4) is 11.5 Å². The summed E-state index contributed by atoms with van der Waals surface area (Å²) in [4.78, 5) is 11.0. The Balaban J connectivity index is 1.68. The van der Waals surface area contributed by atoms with E-state index in [-0.39, 0.29) is 6.61 Å². The highest BCUT2D eigenvalue weighted by Gasteiger charge is 2.18. The van der Waals surface area contributed by atoms with Gasteiger partial charge in [0.25, 0.3) is 0 Å². The van der Waals surface area contributed by atoms with Crippen LogP contribution in [0.1, 0.15) is 12.1 Å². The number of hydrogen-bond acceptors (Lipinski definition) is 8. The van der Waals surface area contributed by atoms with Crippen LogP contribution >= 0.6 is 22.9 Å². The molecule has 27 heavy (non-hydrogen) atoms. The Kier molecular flexibility index (Phi) is 6.91. The Morgan fingerprint density at radius 2 is 2.07 bits per heavy atom. The molecular formula is C18H24IN5O3. The van der Waals surface area contributed by atoms with Crippen LogP contribution in [0.5, 0.6) is 11.5 Å². The molecule has 1 aromatic carbocycles. The van der Waals surface area contributed by atoms with Crippen molar-refractivity contribution in [2.24, 2.45) is 0 Å². The fourth-order valence-corrected chi connectivity index (χ4v) is 3.05. The first-order chi connectivity index (χ1) is 13.1.